The van der Waals surface area contributed by atoms with Crippen LogP contribution in [0.5, 0.6) is 0 Å². The molecule has 0 heterocycles. The van der Waals surface area contributed by atoms with Gasteiger partial charge in [0.2, 0.25) is 0 Å². The van der Waals surface area contributed by atoms with Gasteiger partial charge in [0, 0.05) is 26.2 Å². The van der Waals surface area contributed by atoms with Crippen molar-refractivity contribution in [2.24, 2.45) is 0 Å². The molecule has 5 atom stereocenters. The van der Waals surface area contributed by atoms with Crippen LogP contribution in [0.15, 0.2) is 0 Å². The van der Waals surface area contributed by atoms with E-state index in [1.807, 2.05) is 34.6 Å². The minimum Gasteiger partial charge on any atom is -0.549 e. The first-order valence-electron chi connectivity index (χ1n) is 15.4. The summed E-state index contributed by atoms with van der Waals surface area (Å²) in [5.41, 5.74) is 0. The Morgan fingerprint density at radius 3 is 0.543 bits per heavy atom. The summed E-state index contributed by atoms with van der Waals surface area (Å²) in [6, 6.07) is 0. The molecule has 0 N–H and O–H groups in total. The minimum absolute atomic E-state index is 0. The molecule has 0 saturated carbocycles. The molecule has 0 spiro atoms. The van der Waals surface area contributed by atoms with Gasteiger partial charge in [-0.3, -0.25) is 0 Å². The Hall–Kier alpha value is -0.0818. The fourth-order valence-electron chi connectivity index (χ4n) is 2.58. The summed E-state index contributed by atoms with van der Waals surface area (Å²) in [6.07, 6.45) is 12.6. The van der Waals surface area contributed by atoms with Gasteiger partial charge in [0.1, 0.15) is 0 Å². The molecule has 0 fully saturated rings. The number of thiol groups is 5. The van der Waals surface area contributed by atoms with E-state index in [4.69, 9.17) is 0 Å². The molecule has 16 heteroatoms. The van der Waals surface area contributed by atoms with E-state index in [-0.39, 0.29) is 24.4 Å². The zero-order valence-electron chi connectivity index (χ0n) is 27.8. The Morgan fingerprint density at radius 2 is 0.478 bits per heavy atom. The van der Waals surface area contributed by atoms with Crippen molar-refractivity contribution < 1.29 is 49.5 Å². The summed E-state index contributed by atoms with van der Waals surface area (Å²) in [4.78, 5) is 50.1. The number of hydrogen-bond donors (Lipinski definition) is 5. The van der Waals surface area contributed by atoms with E-state index in [1.165, 1.54) is 0 Å². The van der Waals surface area contributed by atoms with Crippen LogP contribution in [0, 0.1) is 0 Å². The first kappa shape index (κ1) is 58.1. The summed E-state index contributed by atoms with van der Waals surface area (Å²) < 4.78 is 0. The van der Waals surface area contributed by atoms with Crippen LogP contribution in [0.25, 0.3) is 0 Å². The van der Waals surface area contributed by atoms with E-state index >= 15 is 0 Å². The van der Waals surface area contributed by atoms with E-state index in [0.717, 1.165) is 64.2 Å². The zero-order chi connectivity index (χ0) is 36.4. The third-order valence-corrected chi connectivity index (χ3v) is 7.86. The smallest absolute Gasteiger partial charge is 0.549 e. The summed E-state index contributed by atoms with van der Waals surface area (Å²) >= 11 is 19.0. The van der Waals surface area contributed by atoms with Gasteiger partial charge < -0.3 is 49.5 Å². The number of hydrogen-bond acceptors (Lipinski definition) is 15. The van der Waals surface area contributed by atoms with Gasteiger partial charge in [-0.1, -0.05) is 98.8 Å². The Labute approximate surface area is 321 Å². The second-order valence-corrected chi connectivity index (χ2v) is 13.0. The number of aliphatic carboxylic acids is 5. The predicted octanol–water partition coefficient (Wildman–Crippen LogP) is 0.744. The number of carbonyl (C=O) groups excluding carboxylic acids is 5. The second kappa shape index (κ2) is 42.9. The SMILES string of the molecule is CCCCC(S)C(=O)[O-].CCCCC(S)C(=O)[O-].CCCCC(S)C(=O)[O-].CCCCC(S)C(=O)[O-].CCCCC(S)C(=O)[O-].[Sb+5]. The van der Waals surface area contributed by atoms with Gasteiger partial charge in [0.05, 0.1) is 29.8 Å². The van der Waals surface area contributed by atoms with Crippen LogP contribution < -0.4 is 25.5 Å². The van der Waals surface area contributed by atoms with Crippen molar-refractivity contribution in [2.75, 3.05) is 0 Å². The maximum Gasteiger partial charge on any atom is 5.00 e. The van der Waals surface area contributed by atoms with Crippen LogP contribution >= 0.6 is 63.1 Å². The summed E-state index contributed by atoms with van der Waals surface area (Å²) in [5, 5.41) is 47.2. The van der Waals surface area contributed by atoms with Gasteiger partial charge in [-0.2, -0.15) is 63.1 Å². The number of carboxylic acid groups (broad SMARTS) is 5. The molecular formula is C30H55O10S5Sb. The van der Waals surface area contributed by atoms with Crippen molar-refractivity contribution in [1.29, 1.82) is 0 Å². The average molecular weight is 858 g/mol. The fourth-order valence-corrected chi connectivity index (χ4v) is 3.49. The molecule has 0 rings (SSSR count). The van der Waals surface area contributed by atoms with Gasteiger partial charge in [-0.15, -0.1) is 0 Å². The van der Waals surface area contributed by atoms with Crippen LogP contribution in [0.4, 0.5) is 0 Å². The number of rotatable bonds is 20. The fraction of sp³-hybridized carbons (Fsp3) is 0.833. The van der Waals surface area contributed by atoms with Gasteiger partial charge in [0.15, 0.2) is 0 Å². The third kappa shape index (κ3) is 50.8. The van der Waals surface area contributed by atoms with Crippen LogP contribution in [0.3, 0.4) is 0 Å². The molecule has 0 aromatic heterocycles. The molecule has 0 amide bonds. The largest absolute Gasteiger partial charge is 5.00 e. The molecule has 0 aliphatic heterocycles. The molecular weight excluding hydrogens is 802 g/mol. The Bertz CT molecular complexity index is 612. The van der Waals surface area contributed by atoms with E-state index in [0.29, 0.717) is 32.1 Å². The minimum atomic E-state index is -1.06. The molecule has 0 aromatic carbocycles. The van der Waals surface area contributed by atoms with Crippen LogP contribution in [-0.2, 0) is 24.0 Å². The molecule has 0 bridgehead atoms. The molecule has 46 heavy (non-hydrogen) atoms. The zero-order valence-corrected chi connectivity index (χ0v) is 34.8. The normalized spacial score (nSPS) is 12.8. The Kier molecular flexibility index (Phi) is 54.3. The standard InChI is InChI=1S/5C6H12O2S.Sb/c5*1-2-3-4-5(9)6(7)8;/h5*5,9H,2-4H2,1H3,(H,7,8);/q;;;;;+5/p-5. The maximum atomic E-state index is 10.0. The monoisotopic (exact) mass is 856 g/mol. The second-order valence-electron chi connectivity index (χ2n) is 9.89. The van der Waals surface area contributed by atoms with E-state index in [9.17, 15) is 49.5 Å². The summed E-state index contributed by atoms with van der Waals surface area (Å²) in [6.45, 7) is 10.0. The molecule has 0 aliphatic rings. The molecule has 0 radical (unpaired) electrons. The van der Waals surface area contributed by atoms with Gasteiger partial charge in [0.25, 0.3) is 0 Å². The Morgan fingerprint density at radius 1 is 0.370 bits per heavy atom. The van der Waals surface area contributed by atoms with Gasteiger partial charge in [-0.25, -0.2) is 0 Å². The first-order valence-corrected chi connectivity index (χ1v) is 17.9. The average Bonchev–Trinajstić information content (AvgIpc) is 2.99. The van der Waals surface area contributed by atoms with Gasteiger partial charge >= 0.3 is 24.4 Å². The van der Waals surface area contributed by atoms with Crippen LogP contribution in [0.2, 0.25) is 0 Å². The Balaban J connectivity index is -0.000000108. The van der Waals surface area contributed by atoms with Crippen molar-refractivity contribution in [2.45, 2.75) is 157 Å². The quantitative estimate of drug-likeness (QED) is 0.0860. The van der Waals surface area contributed by atoms with E-state index < -0.39 is 56.1 Å². The van der Waals surface area contributed by atoms with Crippen molar-refractivity contribution >= 4 is 117 Å². The van der Waals surface area contributed by atoms with Crippen molar-refractivity contribution in [3.05, 3.63) is 0 Å². The predicted molar refractivity (Wildman–Crippen MR) is 192 cm³/mol. The molecule has 270 valence electrons. The van der Waals surface area contributed by atoms with E-state index in [2.05, 4.69) is 63.1 Å². The summed E-state index contributed by atoms with van der Waals surface area (Å²) in [5.74, 6) is -5.32. The number of carbonyl (C=O) groups is 5. The molecule has 0 aliphatic carbocycles. The van der Waals surface area contributed by atoms with Crippen LogP contribution in [-0.4, -0.2) is 80.5 Å². The first-order chi connectivity index (χ1) is 20.9. The van der Waals surface area contributed by atoms with Crippen molar-refractivity contribution in [3.8, 4) is 0 Å². The van der Waals surface area contributed by atoms with Crippen LogP contribution in [0.1, 0.15) is 131 Å². The van der Waals surface area contributed by atoms with E-state index in [1.54, 1.807) is 0 Å². The molecule has 0 saturated heterocycles. The summed E-state index contributed by atoms with van der Waals surface area (Å²) in [7, 11) is 0. The van der Waals surface area contributed by atoms with Crippen molar-refractivity contribution in [3.63, 3.8) is 0 Å². The number of carboxylic acids is 5. The molecule has 5 unspecified atom stereocenters. The number of unbranched alkanes of at least 4 members (excludes halogenated alkanes) is 5. The molecule has 10 nitrogen and oxygen atoms in total. The molecule has 0 aromatic rings. The third-order valence-electron chi connectivity index (χ3n) is 5.52. The van der Waals surface area contributed by atoms with Crippen molar-refractivity contribution in [1.82, 2.24) is 0 Å². The topological polar surface area (TPSA) is 201 Å². The maximum absolute atomic E-state index is 10.0. The van der Waals surface area contributed by atoms with Gasteiger partial charge in [-0.05, 0) is 32.1 Å².